The molecule has 132 valence electrons. The van der Waals surface area contributed by atoms with Crippen molar-refractivity contribution in [2.45, 2.75) is 64.6 Å². The number of rotatable bonds is 8. The first-order chi connectivity index (χ1) is 10.5. The second-order valence-electron chi connectivity index (χ2n) is 6.27. The Balaban J connectivity index is 3.12. The number of hydrogen-bond donors (Lipinski definition) is 1. The number of sulfonamides is 1. The van der Waals surface area contributed by atoms with E-state index in [1.165, 1.54) is 10.9 Å². The van der Waals surface area contributed by atoms with Crippen LogP contribution in [-0.4, -0.2) is 41.5 Å². The van der Waals surface area contributed by atoms with Crippen LogP contribution in [0, 0.1) is 5.92 Å². The molecule has 23 heavy (non-hydrogen) atoms. The molecule has 9 heteroatoms. The molecule has 1 aromatic heterocycles. The van der Waals surface area contributed by atoms with Crippen molar-refractivity contribution in [2.75, 3.05) is 6.61 Å². The lowest BCUT2D eigenvalue weighted by Gasteiger charge is -2.33. The van der Waals surface area contributed by atoms with Crippen LogP contribution in [0.4, 0.5) is 0 Å². The predicted octanol–water partition coefficient (Wildman–Crippen LogP) is 1.51. The van der Waals surface area contributed by atoms with E-state index in [4.69, 9.17) is 4.74 Å². The first-order valence-electron chi connectivity index (χ1n) is 7.63. The van der Waals surface area contributed by atoms with Crippen LogP contribution in [0.2, 0.25) is 0 Å². The summed E-state index contributed by atoms with van der Waals surface area (Å²) in [5.41, 5.74) is -0.975. The number of hydrogen-bond acceptors (Lipinski definition) is 6. The Hall–Kier alpha value is -1.48. The fraction of sp³-hybridized carbons (Fsp3) is 0.786. The van der Waals surface area contributed by atoms with Gasteiger partial charge >= 0.3 is 5.97 Å². The monoisotopic (exact) mass is 346 g/mol. The zero-order valence-corrected chi connectivity index (χ0v) is 15.3. The van der Waals surface area contributed by atoms with Crippen molar-refractivity contribution >= 4 is 16.0 Å². The van der Waals surface area contributed by atoms with Crippen LogP contribution in [-0.2, 0) is 19.6 Å². The minimum atomic E-state index is -3.88. The first-order valence-corrected chi connectivity index (χ1v) is 9.11. The molecule has 0 saturated heterocycles. The van der Waals surface area contributed by atoms with Gasteiger partial charge in [0.15, 0.2) is 5.03 Å². The highest BCUT2D eigenvalue weighted by molar-refractivity contribution is 7.89. The van der Waals surface area contributed by atoms with E-state index in [9.17, 15) is 13.2 Å². The largest absolute Gasteiger partial charge is 0.466 e. The Labute approximate surface area is 137 Å². The average molecular weight is 346 g/mol. The molecule has 1 aromatic rings. The van der Waals surface area contributed by atoms with Gasteiger partial charge in [-0.05, 0) is 33.6 Å². The molecular weight excluding hydrogens is 320 g/mol. The maximum atomic E-state index is 12.7. The molecule has 0 aliphatic heterocycles. The van der Waals surface area contributed by atoms with Crippen LogP contribution < -0.4 is 4.72 Å². The van der Waals surface area contributed by atoms with Gasteiger partial charge in [0.25, 0.3) is 10.0 Å². The molecule has 1 heterocycles. The fourth-order valence-corrected chi connectivity index (χ4v) is 3.72. The van der Waals surface area contributed by atoms with E-state index >= 15 is 0 Å². The zero-order valence-electron chi connectivity index (χ0n) is 14.5. The molecule has 0 spiro atoms. The summed E-state index contributed by atoms with van der Waals surface area (Å²) in [6.07, 6.45) is 1.15. The third kappa shape index (κ3) is 4.74. The Morgan fingerprint density at radius 2 is 2.00 bits per heavy atom. The van der Waals surface area contributed by atoms with E-state index in [2.05, 4.69) is 15.0 Å². The molecule has 1 rings (SSSR count). The molecule has 0 aliphatic rings. The summed E-state index contributed by atoms with van der Waals surface area (Å²) in [6.45, 7) is 11.0. The number of carbonyl (C=O) groups excluding carboxylic acids is 1. The lowest BCUT2D eigenvalue weighted by Crippen LogP contribution is -2.51. The van der Waals surface area contributed by atoms with Gasteiger partial charge in [-0.15, -0.1) is 5.10 Å². The van der Waals surface area contributed by atoms with Crippen molar-refractivity contribution in [3.05, 3.63) is 6.20 Å². The van der Waals surface area contributed by atoms with Gasteiger partial charge in [-0.1, -0.05) is 19.1 Å². The third-order valence-corrected chi connectivity index (χ3v) is 5.34. The summed E-state index contributed by atoms with van der Waals surface area (Å²) in [6, 6.07) is -0.153. The van der Waals surface area contributed by atoms with Crippen LogP contribution in [0.25, 0.3) is 0 Å². The first kappa shape index (κ1) is 19.6. The summed E-state index contributed by atoms with van der Waals surface area (Å²) < 4.78 is 34.3. The molecule has 0 aliphatic carbocycles. The van der Waals surface area contributed by atoms with Gasteiger partial charge in [-0.25, -0.2) is 17.8 Å². The molecule has 1 atom stereocenters. The van der Waals surface area contributed by atoms with Gasteiger partial charge in [-0.3, -0.25) is 4.79 Å². The van der Waals surface area contributed by atoms with Gasteiger partial charge < -0.3 is 4.74 Å². The lowest BCUT2D eigenvalue weighted by molar-refractivity contribution is -0.145. The van der Waals surface area contributed by atoms with E-state index in [1.807, 2.05) is 27.7 Å². The minimum absolute atomic E-state index is 0.0248. The van der Waals surface area contributed by atoms with Crippen LogP contribution in [0.1, 0.15) is 54.0 Å². The fourth-order valence-electron chi connectivity index (χ4n) is 2.01. The molecule has 0 amide bonds. The van der Waals surface area contributed by atoms with Crippen molar-refractivity contribution in [1.29, 1.82) is 0 Å². The maximum absolute atomic E-state index is 12.7. The Kier molecular flexibility index (Phi) is 6.29. The summed E-state index contributed by atoms with van der Waals surface area (Å²) in [4.78, 5) is 11.8. The number of esters is 1. The second kappa shape index (κ2) is 7.39. The van der Waals surface area contributed by atoms with E-state index in [-0.39, 0.29) is 30.0 Å². The highest BCUT2D eigenvalue weighted by Gasteiger charge is 2.37. The summed E-state index contributed by atoms with van der Waals surface area (Å²) in [5.74, 6) is -0.563. The van der Waals surface area contributed by atoms with Gasteiger partial charge in [0.05, 0.1) is 19.2 Å². The molecule has 1 unspecified atom stereocenters. The maximum Gasteiger partial charge on any atom is 0.307 e. The summed E-state index contributed by atoms with van der Waals surface area (Å²) in [7, 11) is -3.88. The Bertz CT molecular complexity index is 639. The van der Waals surface area contributed by atoms with Crippen molar-refractivity contribution in [2.24, 2.45) is 5.92 Å². The smallest absolute Gasteiger partial charge is 0.307 e. The van der Waals surface area contributed by atoms with Crippen LogP contribution >= 0.6 is 0 Å². The van der Waals surface area contributed by atoms with E-state index in [0.29, 0.717) is 0 Å². The normalized spacial score (nSPS) is 15.0. The molecule has 0 saturated carbocycles. The predicted molar refractivity (Wildman–Crippen MR) is 85.2 cm³/mol. The Morgan fingerprint density at radius 3 is 2.48 bits per heavy atom. The lowest BCUT2D eigenvalue weighted by atomic mass is 9.86. The molecule has 0 radical (unpaired) electrons. The molecule has 8 nitrogen and oxygen atoms in total. The highest BCUT2D eigenvalue weighted by Crippen LogP contribution is 2.25. The summed E-state index contributed by atoms with van der Waals surface area (Å²) in [5, 5.41) is 7.46. The number of nitrogens with one attached hydrogen (secondary N) is 1. The molecule has 0 bridgehead atoms. The minimum Gasteiger partial charge on any atom is -0.466 e. The van der Waals surface area contributed by atoms with E-state index in [0.717, 1.165) is 0 Å². The van der Waals surface area contributed by atoms with Crippen molar-refractivity contribution in [1.82, 2.24) is 19.7 Å². The van der Waals surface area contributed by atoms with Crippen LogP contribution in [0.5, 0.6) is 0 Å². The molecule has 0 aromatic carbocycles. The second-order valence-corrected chi connectivity index (χ2v) is 7.90. The van der Waals surface area contributed by atoms with Gasteiger partial charge in [-0.2, -0.15) is 0 Å². The third-order valence-electron chi connectivity index (χ3n) is 3.77. The number of ether oxygens (including phenoxy) is 1. The topological polar surface area (TPSA) is 103 Å². The quantitative estimate of drug-likeness (QED) is 0.716. The van der Waals surface area contributed by atoms with E-state index < -0.39 is 21.5 Å². The van der Waals surface area contributed by atoms with Crippen molar-refractivity contribution in [3.63, 3.8) is 0 Å². The summed E-state index contributed by atoms with van der Waals surface area (Å²) >= 11 is 0. The molecular formula is C14H26N4O4S. The SMILES string of the molecule is CCOC(=O)CC(C)(NS(=O)(=O)c1cnnn1C(C)C)C(C)C. The highest BCUT2D eigenvalue weighted by atomic mass is 32.2. The number of aromatic nitrogens is 3. The van der Waals surface area contributed by atoms with Gasteiger partial charge in [0, 0.05) is 11.6 Å². The van der Waals surface area contributed by atoms with Crippen LogP contribution in [0.3, 0.4) is 0 Å². The van der Waals surface area contributed by atoms with E-state index in [1.54, 1.807) is 13.8 Å². The van der Waals surface area contributed by atoms with Gasteiger partial charge in [0.2, 0.25) is 0 Å². The van der Waals surface area contributed by atoms with Crippen molar-refractivity contribution < 1.29 is 17.9 Å². The van der Waals surface area contributed by atoms with Crippen LogP contribution in [0.15, 0.2) is 11.2 Å². The van der Waals surface area contributed by atoms with Gasteiger partial charge in [0.1, 0.15) is 0 Å². The standard InChI is InChI=1S/C14H26N4O4S/c1-7-22-13(19)8-14(6,10(2)3)16-23(20,21)12-9-15-17-18(12)11(4)5/h9-11,16H,7-8H2,1-6H3. The Morgan fingerprint density at radius 1 is 1.39 bits per heavy atom. The zero-order chi connectivity index (χ0) is 17.8. The number of nitrogens with zero attached hydrogens (tertiary/aromatic N) is 3. The molecule has 1 N–H and O–H groups in total. The molecule has 0 fully saturated rings. The number of carbonyl (C=O) groups is 1. The average Bonchev–Trinajstić information content (AvgIpc) is 2.87. The van der Waals surface area contributed by atoms with Crippen molar-refractivity contribution in [3.8, 4) is 0 Å².